The highest BCUT2D eigenvalue weighted by atomic mass is 32.2. The van der Waals surface area contributed by atoms with Gasteiger partial charge in [0.2, 0.25) is 0 Å². The molecule has 1 saturated heterocycles. The van der Waals surface area contributed by atoms with E-state index in [0.717, 1.165) is 12.6 Å². The summed E-state index contributed by atoms with van der Waals surface area (Å²) in [6.07, 6.45) is 4.02. The first-order chi connectivity index (χ1) is 8.50. The summed E-state index contributed by atoms with van der Waals surface area (Å²) < 4.78 is 23.0. The quantitative estimate of drug-likeness (QED) is 0.749. The number of nitrogens with one attached hydrogen (secondary N) is 1. The van der Waals surface area contributed by atoms with Crippen molar-refractivity contribution in [3.8, 4) is 0 Å². The molecule has 0 radical (unpaired) electrons. The van der Waals surface area contributed by atoms with Gasteiger partial charge in [-0.1, -0.05) is 6.92 Å². The first-order valence-electron chi connectivity index (χ1n) is 7.18. The molecular formula is C13H26N2O2S. The molecule has 2 atom stereocenters. The number of hydrogen-bond donors (Lipinski definition) is 1. The van der Waals surface area contributed by atoms with Crippen LogP contribution in [0.4, 0.5) is 0 Å². The van der Waals surface area contributed by atoms with Crippen molar-refractivity contribution in [3.05, 3.63) is 0 Å². The molecule has 18 heavy (non-hydrogen) atoms. The zero-order valence-corrected chi connectivity index (χ0v) is 12.4. The van der Waals surface area contributed by atoms with Crippen molar-refractivity contribution in [1.29, 1.82) is 0 Å². The molecule has 2 fully saturated rings. The second-order valence-electron chi connectivity index (χ2n) is 5.89. The first kappa shape index (κ1) is 14.3. The molecule has 1 aliphatic heterocycles. The second-order valence-corrected chi connectivity index (χ2v) is 8.29. The molecule has 2 unspecified atom stereocenters. The fourth-order valence-electron chi connectivity index (χ4n) is 2.73. The second kappa shape index (κ2) is 5.88. The third-order valence-electron chi connectivity index (χ3n) is 4.08. The van der Waals surface area contributed by atoms with E-state index in [9.17, 15) is 8.42 Å². The van der Waals surface area contributed by atoms with Crippen molar-refractivity contribution in [2.24, 2.45) is 5.92 Å². The Kier molecular flexibility index (Phi) is 4.67. The summed E-state index contributed by atoms with van der Waals surface area (Å²) in [5.41, 5.74) is 0. The number of rotatable bonds is 7. The van der Waals surface area contributed by atoms with Gasteiger partial charge in [0.15, 0.2) is 9.84 Å². The topological polar surface area (TPSA) is 49.4 Å². The Morgan fingerprint density at radius 3 is 2.67 bits per heavy atom. The highest BCUT2D eigenvalue weighted by Crippen LogP contribution is 2.31. The van der Waals surface area contributed by atoms with Crippen molar-refractivity contribution in [2.45, 2.75) is 45.2 Å². The van der Waals surface area contributed by atoms with Gasteiger partial charge in [0.05, 0.1) is 5.75 Å². The first-order valence-corrected chi connectivity index (χ1v) is 9.00. The molecule has 5 heteroatoms. The van der Waals surface area contributed by atoms with Gasteiger partial charge in [0, 0.05) is 24.4 Å². The van der Waals surface area contributed by atoms with E-state index in [1.165, 1.54) is 32.4 Å². The smallest absolute Gasteiger partial charge is 0.151 e. The summed E-state index contributed by atoms with van der Waals surface area (Å²) in [5, 5.41) is 3.39. The van der Waals surface area contributed by atoms with Crippen molar-refractivity contribution >= 4 is 9.84 Å². The van der Waals surface area contributed by atoms with Gasteiger partial charge >= 0.3 is 0 Å². The standard InChI is InChI=1S/C13H26N2O2S/c1-3-18(16,17)10-11(2)14-8-12-6-7-15(9-12)13-4-5-13/h11-14H,3-10H2,1-2H3. The average molecular weight is 274 g/mol. The third-order valence-corrected chi connectivity index (χ3v) is 5.97. The van der Waals surface area contributed by atoms with E-state index in [4.69, 9.17) is 0 Å². The Hall–Kier alpha value is -0.130. The van der Waals surface area contributed by atoms with Gasteiger partial charge in [-0.2, -0.15) is 0 Å². The van der Waals surface area contributed by atoms with E-state index >= 15 is 0 Å². The maximum atomic E-state index is 11.5. The molecule has 106 valence electrons. The van der Waals surface area contributed by atoms with Crippen LogP contribution in [0, 0.1) is 5.92 Å². The normalized spacial score (nSPS) is 27.6. The van der Waals surface area contributed by atoms with Crippen LogP contribution >= 0.6 is 0 Å². The van der Waals surface area contributed by atoms with E-state index in [1.807, 2.05) is 6.92 Å². The molecule has 1 saturated carbocycles. The minimum absolute atomic E-state index is 0.0740. The van der Waals surface area contributed by atoms with Crippen molar-refractivity contribution in [3.63, 3.8) is 0 Å². The summed E-state index contributed by atoms with van der Waals surface area (Å²) >= 11 is 0. The van der Waals surface area contributed by atoms with Crippen LogP contribution in [-0.4, -0.2) is 56.5 Å². The largest absolute Gasteiger partial charge is 0.313 e. The Labute approximate surface area is 111 Å². The summed E-state index contributed by atoms with van der Waals surface area (Å²) in [7, 11) is -2.85. The average Bonchev–Trinajstić information content (AvgIpc) is 3.06. The number of hydrogen-bond acceptors (Lipinski definition) is 4. The number of likely N-dealkylation sites (tertiary alicyclic amines) is 1. The Morgan fingerprint density at radius 1 is 1.33 bits per heavy atom. The molecule has 0 amide bonds. The highest BCUT2D eigenvalue weighted by molar-refractivity contribution is 7.91. The minimum Gasteiger partial charge on any atom is -0.313 e. The Balaban J connectivity index is 1.65. The fraction of sp³-hybridized carbons (Fsp3) is 1.00. The van der Waals surface area contributed by atoms with Gasteiger partial charge in [-0.25, -0.2) is 8.42 Å². The van der Waals surface area contributed by atoms with Crippen molar-refractivity contribution in [2.75, 3.05) is 31.1 Å². The molecule has 0 spiro atoms. The van der Waals surface area contributed by atoms with E-state index in [2.05, 4.69) is 10.2 Å². The zero-order valence-electron chi connectivity index (χ0n) is 11.6. The van der Waals surface area contributed by atoms with Gasteiger partial charge in [0.25, 0.3) is 0 Å². The van der Waals surface area contributed by atoms with Crippen molar-refractivity contribution in [1.82, 2.24) is 10.2 Å². The summed E-state index contributed by atoms with van der Waals surface area (Å²) in [6, 6.07) is 0.942. The lowest BCUT2D eigenvalue weighted by Crippen LogP contribution is -2.37. The molecular weight excluding hydrogens is 248 g/mol. The Bertz CT molecular complexity index is 365. The number of nitrogens with zero attached hydrogens (tertiary/aromatic N) is 1. The maximum Gasteiger partial charge on any atom is 0.151 e. The van der Waals surface area contributed by atoms with Crippen LogP contribution in [0.3, 0.4) is 0 Å². The van der Waals surface area contributed by atoms with Crippen LogP contribution in [0.25, 0.3) is 0 Å². The lowest BCUT2D eigenvalue weighted by molar-refractivity contribution is 0.310. The van der Waals surface area contributed by atoms with Crippen LogP contribution in [0.5, 0.6) is 0 Å². The third kappa shape index (κ3) is 4.21. The van der Waals surface area contributed by atoms with E-state index in [0.29, 0.717) is 5.92 Å². The maximum absolute atomic E-state index is 11.5. The van der Waals surface area contributed by atoms with Crippen LogP contribution in [-0.2, 0) is 9.84 Å². The molecule has 1 aliphatic carbocycles. The predicted octanol–water partition coefficient (Wildman–Crippen LogP) is 0.884. The van der Waals surface area contributed by atoms with Gasteiger partial charge in [-0.05, 0) is 45.2 Å². The summed E-state index contributed by atoms with van der Waals surface area (Å²) in [4.78, 5) is 2.60. The predicted molar refractivity (Wildman–Crippen MR) is 74.5 cm³/mol. The van der Waals surface area contributed by atoms with Crippen LogP contribution in [0.2, 0.25) is 0 Å². The van der Waals surface area contributed by atoms with Gasteiger partial charge in [-0.15, -0.1) is 0 Å². The number of sulfone groups is 1. The highest BCUT2D eigenvalue weighted by Gasteiger charge is 2.34. The van der Waals surface area contributed by atoms with Crippen LogP contribution < -0.4 is 5.32 Å². The lowest BCUT2D eigenvalue weighted by atomic mass is 10.1. The SMILES string of the molecule is CCS(=O)(=O)CC(C)NCC1CCN(C2CC2)C1. The molecule has 0 aromatic carbocycles. The molecule has 0 aromatic heterocycles. The molecule has 0 aromatic rings. The molecule has 4 nitrogen and oxygen atoms in total. The van der Waals surface area contributed by atoms with E-state index < -0.39 is 9.84 Å². The fourth-order valence-corrected chi connectivity index (χ4v) is 3.84. The zero-order chi connectivity index (χ0) is 13.2. The van der Waals surface area contributed by atoms with Gasteiger partial charge in [-0.3, -0.25) is 0 Å². The Morgan fingerprint density at radius 2 is 2.06 bits per heavy atom. The minimum atomic E-state index is -2.85. The molecule has 1 heterocycles. The van der Waals surface area contributed by atoms with Crippen molar-refractivity contribution < 1.29 is 8.42 Å². The monoisotopic (exact) mass is 274 g/mol. The molecule has 0 bridgehead atoms. The summed E-state index contributed by atoms with van der Waals surface area (Å²) in [6.45, 7) is 7.08. The van der Waals surface area contributed by atoms with Crippen LogP contribution in [0.1, 0.15) is 33.1 Å². The molecule has 2 rings (SSSR count). The van der Waals surface area contributed by atoms with E-state index in [-0.39, 0.29) is 17.5 Å². The molecule has 2 aliphatic rings. The van der Waals surface area contributed by atoms with Gasteiger partial charge in [0.1, 0.15) is 0 Å². The van der Waals surface area contributed by atoms with Gasteiger partial charge < -0.3 is 10.2 Å². The lowest BCUT2D eigenvalue weighted by Gasteiger charge is -2.18. The summed E-state index contributed by atoms with van der Waals surface area (Å²) in [5.74, 6) is 1.22. The van der Waals surface area contributed by atoms with E-state index in [1.54, 1.807) is 6.92 Å². The molecule has 1 N–H and O–H groups in total. The van der Waals surface area contributed by atoms with Crippen LogP contribution in [0.15, 0.2) is 0 Å².